The van der Waals surface area contributed by atoms with Crippen molar-refractivity contribution >= 4 is 29.1 Å². The van der Waals surface area contributed by atoms with E-state index in [0.29, 0.717) is 5.56 Å². The molecule has 1 N–H and O–H groups in total. The van der Waals surface area contributed by atoms with Crippen molar-refractivity contribution in [2.75, 3.05) is 5.32 Å². The normalized spacial score (nSPS) is 9.64. The third kappa shape index (κ3) is 2.29. The Labute approximate surface area is 86.3 Å². The molecule has 0 atom stereocenters. The smallest absolute Gasteiger partial charge is 0.222 e. The van der Waals surface area contributed by atoms with Crippen LogP contribution in [0.15, 0.2) is 12.3 Å². The van der Waals surface area contributed by atoms with E-state index in [-0.39, 0.29) is 22.5 Å². The molecule has 0 saturated carbocycles. The van der Waals surface area contributed by atoms with Gasteiger partial charge in [-0.15, -0.1) is 0 Å². The Hall–Kier alpha value is -1.42. The zero-order chi connectivity index (χ0) is 10.7. The van der Waals surface area contributed by atoms with E-state index in [9.17, 15) is 9.59 Å². The molecule has 1 aromatic heterocycles. The highest BCUT2D eigenvalue weighted by molar-refractivity contribution is 6.36. The Kier molecular flexibility index (Phi) is 3.19. The lowest BCUT2D eigenvalue weighted by atomic mass is 10.2. The first kappa shape index (κ1) is 10.7. The first-order valence-electron chi connectivity index (χ1n) is 3.95. The number of nitrogens with one attached hydrogen (secondary N) is 1. The quantitative estimate of drug-likeness (QED) is 0.762. The first-order valence-corrected chi connectivity index (χ1v) is 4.33. The van der Waals surface area contributed by atoms with Gasteiger partial charge in [-0.25, -0.2) is 4.98 Å². The molecule has 1 amide bonds. The zero-order valence-corrected chi connectivity index (χ0v) is 8.55. The number of pyridine rings is 1. The van der Waals surface area contributed by atoms with Crippen molar-refractivity contribution in [2.24, 2.45) is 0 Å². The predicted octanol–water partition coefficient (Wildman–Crippen LogP) is 1.90. The molecule has 0 spiro atoms. The summed E-state index contributed by atoms with van der Waals surface area (Å²) >= 11 is 5.85. The van der Waals surface area contributed by atoms with Crippen LogP contribution in [-0.4, -0.2) is 16.7 Å². The molecule has 4 nitrogen and oxygen atoms in total. The van der Waals surface area contributed by atoms with Gasteiger partial charge in [-0.1, -0.05) is 11.6 Å². The molecule has 0 aliphatic rings. The highest BCUT2D eigenvalue weighted by Gasteiger charge is 2.11. The average Bonchev–Trinajstić information content (AvgIpc) is 2.07. The van der Waals surface area contributed by atoms with Crippen LogP contribution in [0.3, 0.4) is 0 Å². The summed E-state index contributed by atoms with van der Waals surface area (Å²) < 4.78 is 0. The number of carbonyl (C=O) groups excluding carboxylic acids is 2. The number of hydrogen-bond donors (Lipinski definition) is 1. The van der Waals surface area contributed by atoms with Gasteiger partial charge in [0.15, 0.2) is 11.6 Å². The summed E-state index contributed by atoms with van der Waals surface area (Å²) in [6.07, 6.45) is 1.42. The van der Waals surface area contributed by atoms with E-state index in [1.165, 1.54) is 26.1 Å². The maximum Gasteiger partial charge on any atom is 0.222 e. The number of carbonyl (C=O) groups is 2. The standard InChI is InChI=1S/C9H9ClN2O2/c1-5(13)7-3-4-11-9(8(7)10)12-6(2)14/h3-4H,1-2H3,(H,11,12,14). The van der Waals surface area contributed by atoms with Crippen molar-refractivity contribution in [1.29, 1.82) is 0 Å². The number of amides is 1. The van der Waals surface area contributed by atoms with Crippen LogP contribution in [0, 0.1) is 0 Å². The molecular formula is C9H9ClN2O2. The van der Waals surface area contributed by atoms with Crippen molar-refractivity contribution in [3.05, 3.63) is 22.8 Å². The molecule has 0 fully saturated rings. The predicted molar refractivity (Wildman–Crippen MR) is 53.6 cm³/mol. The Morgan fingerprint density at radius 1 is 1.43 bits per heavy atom. The number of rotatable bonds is 2. The molecular weight excluding hydrogens is 204 g/mol. The number of halogens is 1. The lowest BCUT2D eigenvalue weighted by Crippen LogP contribution is -2.09. The van der Waals surface area contributed by atoms with Crippen molar-refractivity contribution in [3.8, 4) is 0 Å². The number of Topliss-reactive ketones (excluding diaryl/α,β-unsaturated/α-hetero) is 1. The van der Waals surface area contributed by atoms with Crippen LogP contribution in [0.25, 0.3) is 0 Å². The van der Waals surface area contributed by atoms with E-state index in [4.69, 9.17) is 11.6 Å². The van der Waals surface area contributed by atoms with Gasteiger partial charge in [-0.3, -0.25) is 9.59 Å². The summed E-state index contributed by atoms with van der Waals surface area (Å²) in [6.45, 7) is 2.75. The van der Waals surface area contributed by atoms with Gasteiger partial charge in [-0.2, -0.15) is 0 Å². The second-order valence-electron chi connectivity index (χ2n) is 2.76. The van der Waals surface area contributed by atoms with E-state index < -0.39 is 0 Å². The van der Waals surface area contributed by atoms with Crippen LogP contribution in [0.1, 0.15) is 24.2 Å². The number of ketones is 1. The van der Waals surface area contributed by atoms with Crippen molar-refractivity contribution < 1.29 is 9.59 Å². The third-order valence-corrected chi connectivity index (χ3v) is 1.95. The summed E-state index contributed by atoms with van der Waals surface area (Å²) in [5, 5.41) is 2.61. The minimum atomic E-state index is -0.278. The third-order valence-electron chi connectivity index (χ3n) is 1.56. The van der Waals surface area contributed by atoms with Crippen LogP contribution in [-0.2, 0) is 4.79 Å². The number of anilines is 1. The fourth-order valence-electron chi connectivity index (χ4n) is 0.970. The Balaban J connectivity index is 3.13. The van der Waals surface area contributed by atoms with Crippen LogP contribution in [0.5, 0.6) is 0 Å². The van der Waals surface area contributed by atoms with Gasteiger partial charge in [0.05, 0.1) is 5.02 Å². The molecule has 0 saturated heterocycles. The van der Waals surface area contributed by atoms with Crippen molar-refractivity contribution in [3.63, 3.8) is 0 Å². The maximum atomic E-state index is 11.1. The molecule has 0 bridgehead atoms. The van der Waals surface area contributed by atoms with Crippen LogP contribution in [0.2, 0.25) is 5.02 Å². The molecule has 0 aromatic carbocycles. The van der Waals surface area contributed by atoms with Gasteiger partial charge in [0.2, 0.25) is 5.91 Å². The van der Waals surface area contributed by atoms with Crippen molar-refractivity contribution in [1.82, 2.24) is 4.98 Å². The first-order chi connectivity index (χ1) is 6.52. The number of nitrogens with zero attached hydrogens (tertiary/aromatic N) is 1. The summed E-state index contributed by atoms with van der Waals surface area (Å²) in [6, 6.07) is 1.51. The second kappa shape index (κ2) is 4.19. The Morgan fingerprint density at radius 2 is 2.07 bits per heavy atom. The van der Waals surface area contributed by atoms with E-state index in [1.54, 1.807) is 0 Å². The minimum Gasteiger partial charge on any atom is -0.310 e. The van der Waals surface area contributed by atoms with Gasteiger partial charge in [-0.05, 0) is 13.0 Å². The molecule has 5 heteroatoms. The van der Waals surface area contributed by atoms with Gasteiger partial charge in [0.1, 0.15) is 0 Å². The molecule has 0 unspecified atom stereocenters. The Bertz CT molecular complexity index is 390. The van der Waals surface area contributed by atoms with E-state index in [0.717, 1.165) is 0 Å². The van der Waals surface area contributed by atoms with Gasteiger partial charge < -0.3 is 5.32 Å². The van der Waals surface area contributed by atoms with Crippen LogP contribution < -0.4 is 5.32 Å². The average molecular weight is 213 g/mol. The lowest BCUT2D eigenvalue weighted by molar-refractivity contribution is -0.114. The monoisotopic (exact) mass is 212 g/mol. The highest BCUT2D eigenvalue weighted by atomic mass is 35.5. The van der Waals surface area contributed by atoms with E-state index in [2.05, 4.69) is 10.3 Å². The fraction of sp³-hybridized carbons (Fsp3) is 0.222. The molecule has 0 radical (unpaired) electrons. The maximum absolute atomic E-state index is 11.1. The molecule has 14 heavy (non-hydrogen) atoms. The van der Waals surface area contributed by atoms with Crippen LogP contribution in [0.4, 0.5) is 5.82 Å². The summed E-state index contributed by atoms with van der Waals surface area (Å²) in [7, 11) is 0. The molecule has 74 valence electrons. The summed E-state index contributed by atoms with van der Waals surface area (Å²) in [4.78, 5) is 25.7. The number of aromatic nitrogens is 1. The summed E-state index contributed by atoms with van der Waals surface area (Å²) in [5.74, 6) is -0.226. The molecule has 0 aliphatic heterocycles. The largest absolute Gasteiger partial charge is 0.310 e. The van der Waals surface area contributed by atoms with Gasteiger partial charge in [0.25, 0.3) is 0 Å². The second-order valence-corrected chi connectivity index (χ2v) is 3.14. The molecule has 0 aliphatic carbocycles. The highest BCUT2D eigenvalue weighted by Crippen LogP contribution is 2.23. The lowest BCUT2D eigenvalue weighted by Gasteiger charge is -2.05. The Morgan fingerprint density at radius 3 is 2.57 bits per heavy atom. The molecule has 1 rings (SSSR count). The van der Waals surface area contributed by atoms with Gasteiger partial charge >= 0.3 is 0 Å². The SMILES string of the molecule is CC(=O)Nc1nccc(C(C)=O)c1Cl. The van der Waals surface area contributed by atoms with E-state index in [1.807, 2.05) is 0 Å². The zero-order valence-electron chi connectivity index (χ0n) is 7.80. The fourth-order valence-corrected chi connectivity index (χ4v) is 1.26. The topological polar surface area (TPSA) is 59.1 Å². The van der Waals surface area contributed by atoms with E-state index >= 15 is 0 Å². The number of hydrogen-bond acceptors (Lipinski definition) is 3. The molecule has 1 heterocycles. The minimum absolute atomic E-state index is 0.163. The van der Waals surface area contributed by atoms with Crippen molar-refractivity contribution in [2.45, 2.75) is 13.8 Å². The van der Waals surface area contributed by atoms with Crippen LogP contribution >= 0.6 is 11.6 Å². The summed E-state index contributed by atoms with van der Waals surface area (Å²) in [5.41, 5.74) is 0.352. The van der Waals surface area contributed by atoms with Gasteiger partial charge in [0, 0.05) is 18.7 Å². The molecule has 1 aromatic rings.